The quantitative estimate of drug-likeness (QED) is 0.342. The number of anilines is 1. The van der Waals surface area contributed by atoms with Gasteiger partial charge in [0, 0.05) is 63.0 Å². The normalized spacial score (nSPS) is 18.8. The molecule has 2 atom stereocenters. The second-order valence-electron chi connectivity index (χ2n) is 9.73. The lowest BCUT2D eigenvalue weighted by Gasteiger charge is -2.30. The zero-order valence-corrected chi connectivity index (χ0v) is 22.4. The van der Waals surface area contributed by atoms with Gasteiger partial charge in [0.1, 0.15) is 5.82 Å². The molecule has 36 heavy (non-hydrogen) atoms. The molecule has 1 aliphatic rings. The lowest BCUT2D eigenvalue weighted by atomic mass is 9.88. The van der Waals surface area contributed by atoms with Gasteiger partial charge in [-0.25, -0.2) is 9.97 Å². The summed E-state index contributed by atoms with van der Waals surface area (Å²) in [6.07, 6.45) is 10.8. The van der Waals surface area contributed by atoms with Crippen LogP contribution in [0.15, 0.2) is 72.5 Å². The minimum absolute atomic E-state index is 0.584. The third-order valence-electron chi connectivity index (χ3n) is 6.34. The van der Waals surface area contributed by atoms with Crippen LogP contribution in [0.25, 0.3) is 22.5 Å². The van der Waals surface area contributed by atoms with Gasteiger partial charge in [0.05, 0.1) is 0 Å². The summed E-state index contributed by atoms with van der Waals surface area (Å²) in [5, 5.41) is 7.15. The molecule has 1 aliphatic heterocycles. The molecular weight excluding hydrogens is 444 g/mol. The van der Waals surface area contributed by atoms with Crippen LogP contribution in [0.3, 0.4) is 0 Å². The van der Waals surface area contributed by atoms with Crippen LogP contribution in [0.2, 0.25) is 0 Å². The molecule has 1 aromatic carbocycles. The van der Waals surface area contributed by atoms with Crippen LogP contribution < -0.4 is 10.6 Å². The molecular formula is C30H40N6. The second kappa shape index (κ2) is 13.0. The number of aliphatic imine (C=N–C) groups is 1. The number of hydrogen-bond donors (Lipinski definition) is 2. The Bertz CT molecular complexity index is 1160. The molecule has 6 nitrogen and oxygen atoms in total. The largest absolute Gasteiger partial charge is 0.383 e. The van der Waals surface area contributed by atoms with E-state index in [1.54, 1.807) is 7.05 Å². The van der Waals surface area contributed by atoms with Gasteiger partial charge in [-0.3, -0.25) is 4.99 Å². The van der Waals surface area contributed by atoms with E-state index >= 15 is 0 Å². The summed E-state index contributed by atoms with van der Waals surface area (Å²) in [4.78, 5) is 16.1. The van der Waals surface area contributed by atoms with Crippen LogP contribution in [0.4, 0.5) is 5.82 Å². The third-order valence-corrected chi connectivity index (χ3v) is 6.34. The Morgan fingerprint density at radius 2 is 2.11 bits per heavy atom. The highest BCUT2D eigenvalue weighted by atomic mass is 15.0. The van der Waals surface area contributed by atoms with Crippen LogP contribution in [0, 0.1) is 11.8 Å². The summed E-state index contributed by atoms with van der Waals surface area (Å²) in [5.41, 5.74) is 5.88. The number of nitrogens with one attached hydrogen (secondary N) is 2. The number of rotatable bonds is 10. The first-order valence-corrected chi connectivity index (χ1v) is 12.5. The molecule has 2 N–H and O–H groups in total. The smallest absolute Gasteiger partial charge is 0.161 e. The number of hydrogen-bond acceptors (Lipinski definition) is 6. The zero-order valence-electron chi connectivity index (χ0n) is 22.4. The molecule has 0 bridgehead atoms. The van der Waals surface area contributed by atoms with Crippen molar-refractivity contribution in [2.24, 2.45) is 16.8 Å². The van der Waals surface area contributed by atoms with Crippen molar-refractivity contribution in [1.29, 1.82) is 0 Å². The molecule has 0 aliphatic carbocycles. The molecule has 6 heteroatoms. The molecule has 190 valence electrons. The van der Waals surface area contributed by atoms with E-state index in [4.69, 9.17) is 9.97 Å². The lowest BCUT2D eigenvalue weighted by Crippen LogP contribution is -2.38. The number of nitrogens with zero attached hydrogens (tertiary/aromatic N) is 4. The Balaban J connectivity index is 2.04. The highest BCUT2D eigenvalue weighted by Gasteiger charge is 2.22. The van der Waals surface area contributed by atoms with Gasteiger partial charge in [-0.15, -0.1) is 0 Å². The molecule has 0 saturated carbocycles. The molecule has 3 rings (SSSR count). The van der Waals surface area contributed by atoms with Crippen molar-refractivity contribution in [3.63, 3.8) is 0 Å². The lowest BCUT2D eigenvalue weighted by molar-refractivity contribution is 0.286. The number of aromatic nitrogens is 2. The summed E-state index contributed by atoms with van der Waals surface area (Å²) >= 11 is 0. The Morgan fingerprint density at radius 3 is 2.78 bits per heavy atom. The Morgan fingerprint density at radius 1 is 1.31 bits per heavy atom. The highest BCUT2D eigenvalue weighted by Crippen LogP contribution is 2.28. The zero-order chi connectivity index (χ0) is 26.1. The first kappa shape index (κ1) is 27.1. The number of allylic oxidation sites excluding steroid dienone is 5. The topological polar surface area (TPSA) is 65.4 Å². The molecule has 2 heterocycles. The van der Waals surface area contributed by atoms with E-state index in [9.17, 15) is 0 Å². The van der Waals surface area contributed by atoms with Gasteiger partial charge >= 0.3 is 0 Å². The van der Waals surface area contributed by atoms with E-state index in [0.717, 1.165) is 65.3 Å². The molecule has 0 spiro atoms. The summed E-state index contributed by atoms with van der Waals surface area (Å²) in [6.45, 7) is 15.3. The first-order chi connectivity index (χ1) is 17.3. The van der Waals surface area contributed by atoms with Gasteiger partial charge in [0.2, 0.25) is 0 Å². The van der Waals surface area contributed by atoms with E-state index in [2.05, 4.69) is 54.0 Å². The van der Waals surface area contributed by atoms with E-state index in [0.29, 0.717) is 17.7 Å². The van der Waals surface area contributed by atoms with Crippen molar-refractivity contribution in [1.82, 2.24) is 20.2 Å². The SMILES string of the molecule is C=C/C(=C\N(C)C)c1cccc(-c2ncc(C(/C=N\C)=C/C(=C)C)c(NCC3CCNCC3C)n2)c1. The molecule has 0 radical (unpaired) electrons. The average molecular weight is 485 g/mol. The van der Waals surface area contributed by atoms with Crippen molar-refractivity contribution in [2.75, 3.05) is 46.1 Å². The van der Waals surface area contributed by atoms with E-state index < -0.39 is 0 Å². The Labute approximate surface area is 216 Å². The third kappa shape index (κ3) is 7.25. The summed E-state index contributed by atoms with van der Waals surface area (Å²) < 4.78 is 0. The maximum Gasteiger partial charge on any atom is 0.161 e. The molecule has 1 aromatic heterocycles. The van der Waals surface area contributed by atoms with Crippen LogP contribution in [-0.2, 0) is 0 Å². The van der Waals surface area contributed by atoms with Gasteiger partial charge in [0.25, 0.3) is 0 Å². The Hall–Kier alpha value is -3.51. The van der Waals surface area contributed by atoms with Crippen LogP contribution in [-0.4, -0.2) is 61.9 Å². The molecule has 2 unspecified atom stereocenters. The van der Waals surface area contributed by atoms with Crippen LogP contribution in [0.5, 0.6) is 0 Å². The van der Waals surface area contributed by atoms with Crippen molar-refractivity contribution in [3.05, 3.63) is 78.7 Å². The maximum atomic E-state index is 5.02. The fourth-order valence-electron chi connectivity index (χ4n) is 4.42. The highest BCUT2D eigenvalue weighted by molar-refractivity contribution is 6.12. The minimum Gasteiger partial charge on any atom is -0.383 e. The maximum absolute atomic E-state index is 5.02. The Kier molecular flexibility index (Phi) is 9.77. The minimum atomic E-state index is 0.584. The van der Waals surface area contributed by atoms with Gasteiger partial charge in [-0.1, -0.05) is 56.0 Å². The molecule has 1 saturated heterocycles. The van der Waals surface area contributed by atoms with E-state index in [-0.39, 0.29) is 0 Å². The summed E-state index contributed by atoms with van der Waals surface area (Å²) in [5.74, 6) is 2.69. The van der Waals surface area contributed by atoms with E-state index in [1.165, 1.54) is 0 Å². The van der Waals surface area contributed by atoms with Gasteiger partial charge in [-0.05, 0) is 55.5 Å². The van der Waals surface area contributed by atoms with Crippen LogP contribution >= 0.6 is 0 Å². The first-order valence-electron chi connectivity index (χ1n) is 12.5. The van der Waals surface area contributed by atoms with Gasteiger partial charge in [-0.2, -0.15) is 0 Å². The summed E-state index contributed by atoms with van der Waals surface area (Å²) in [7, 11) is 5.79. The summed E-state index contributed by atoms with van der Waals surface area (Å²) in [6, 6.07) is 8.28. The van der Waals surface area contributed by atoms with Gasteiger partial charge in [0.15, 0.2) is 5.82 Å². The van der Waals surface area contributed by atoms with Crippen molar-refractivity contribution in [2.45, 2.75) is 20.3 Å². The molecule has 0 amide bonds. The predicted molar refractivity (Wildman–Crippen MR) is 155 cm³/mol. The molecule has 1 fully saturated rings. The second-order valence-corrected chi connectivity index (χ2v) is 9.73. The average Bonchev–Trinajstić information content (AvgIpc) is 2.86. The van der Waals surface area contributed by atoms with E-state index in [1.807, 2.05) is 62.6 Å². The number of benzene rings is 1. The van der Waals surface area contributed by atoms with Gasteiger partial charge < -0.3 is 15.5 Å². The van der Waals surface area contributed by atoms with Crippen molar-refractivity contribution in [3.8, 4) is 11.4 Å². The van der Waals surface area contributed by atoms with Crippen molar-refractivity contribution >= 4 is 23.2 Å². The number of piperidine rings is 1. The predicted octanol–water partition coefficient (Wildman–Crippen LogP) is 5.55. The standard InChI is InChI=1S/C30H40N6/c1-8-23(20-36(6)7)24-10-9-11-25(15-24)29-34-19-28(27(17-31-5)14-21(2)3)30(35-29)33-18-26-12-13-32-16-22(26)4/h8-11,14-15,17,19-20,22,26,32H,1-2,12-13,16,18H2,3-7H3,(H,33,34,35)/b23-20+,27-14+,31-17-. The van der Waals surface area contributed by atoms with Crippen LogP contribution in [0.1, 0.15) is 31.4 Å². The molecule has 2 aromatic rings. The fraction of sp³-hybridized carbons (Fsp3) is 0.367. The monoisotopic (exact) mass is 484 g/mol. The fourth-order valence-corrected chi connectivity index (χ4v) is 4.42. The van der Waals surface area contributed by atoms with Crippen molar-refractivity contribution < 1.29 is 0 Å².